The molecule has 0 saturated carbocycles. The summed E-state index contributed by atoms with van der Waals surface area (Å²) in [6.07, 6.45) is 6.62. The van der Waals surface area contributed by atoms with E-state index in [1.807, 2.05) is 31.4 Å². The number of pyridine rings is 1. The van der Waals surface area contributed by atoms with Gasteiger partial charge in [-0.3, -0.25) is 19.7 Å². The molecular formula is C26H37IN6O. The van der Waals surface area contributed by atoms with Gasteiger partial charge in [-0.05, 0) is 36.6 Å². The average molecular weight is 577 g/mol. The third-order valence-corrected chi connectivity index (χ3v) is 6.54. The Balaban J connectivity index is 0.00000324. The summed E-state index contributed by atoms with van der Waals surface area (Å²) in [5, 5.41) is 3.51. The molecule has 1 amide bonds. The summed E-state index contributed by atoms with van der Waals surface area (Å²) in [6.45, 7) is 6.63. The zero-order chi connectivity index (χ0) is 22.9. The number of aromatic nitrogens is 1. The standard InChI is InChI=1S/C26H36N6O.HI/c1-27-26(29-20-22-9-8-10-23(19-22)24-11-4-5-12-28-24)32-17-15-30(16-18-32)21-25(33)31-13-6-2-3-7-14-31;/h4-5,8-12,19H,2-3,6-7,13-18,20-21H2,1H3,(H,27,29);1H. The zero-order valence-electron chi connectivity index (χ0n) is 20.2. The molecule has 4 rings (SSSR count). The van der Waals surface area contributed by atoms with Gasteiger partial charge in [0.2, 0.25) is 5.91 Å². The second-order valence-electron chi connectivity index (χ2n) is 8.87. The van der Waals surface area contributed by atoms with Gasteiger partial charge in [0.15, 0.2) is 5.96 Å². The molecule has 7 nitrogen and oxygen atoms in total. The number of piperazine rings is 1. The van der Waals surface area contributed by atoms with Crippen molar-refractivity contribution in [1.82, 2.24) is 25.0 Å². The maximum absolute atomic E-state index is 12.7. The van der Waals surface area contributed by atoms with Crippen molar-refractivity contribution in [2.45, 2.75) is 32.2 Å². The number of likely N-dealkylation sites (tertiary alicyclic amines) is 1. The van der Waals surface area contributed by atoms with Crippen molar-refractivity contribution < 1.29 is 4.79 Å². The van der Waals surface area contributed by atoms with E-state index < -0.39 is 0 Å². The van der Waals surface area contributed by atoms with Crippen LogP contribution in [0.1, 0.15) is 31.2 Å². The predicted molar refractivity (Wildman–Crippen MR) is 148 cm³/mol. The van der Waals surface area contributed by atoms with Gasteiger partial charge in [-0.25, -0.2) is 0 Å². The van der Waals surface area contributed by atoms with Crippen LogP contribution < -0.4 is 5.32 Å². The lowest BCUT2D eigenvalue weighted by atomic mass is 10.1. The number of halogens is 1. The van der Waals surface area contributed by atoms with Crippen LogP contribution in [0, 0.1) is 0 Å². The maximum atomic E-state index is 12.7. The summed E-state index contributed by atoms with van der Waals surface area (Å²) in [5.74, 6) is 1.21. The first kappa shape index (κ1) is 26.4. The highest BCUT2D eigenvalue weighted by atomic mass is 127. The number of hydrogen-bond donors (Lipinski definition) is 1. The van der Waals surface area contributed by atoms with Crippen LogP contribution >= 0.6 is 24.0 Å². The van der Waals surface area contributed by atoms with Gasteiger partial charge in [0.25, 0.3) is 0 Å². The topological polar surface area (TPSA) is 64.1 Å². The maximum Gasteiger partial charge on any atom is 0.236 e. The van der Waals surface area contributed by atoms with Gasteiger partial charge in [0.1, 0.15) is 0 Å². The van der Waals surface area contributed by atoms with Crippen molar-refractivity contribution in [3.05, 3.63) is 54.2 Å². The summed E-state index contributed by atoms with van der Waals surface area (Å²) in [5.41, 5.74) is 3.29. The Morgan fingerprint density at radius 1 is 0.941 bits per heavy atom. The first-order valence-electron chi connectivity index (χ1n) is 12.2. The SMILES string of the molecule is CN=C(NCc1cccc(-c2ccccn2)c1)N1CCN(CC(=O)N2CCCCCC2)CC1.I. The molecule has 2 saturated heterocycles. The number of benzene rings is 1. The minimum Gasteiger partial charge on any atom is -0.352 e. The summed E-state index contributed by atoms with van der Waals surface area (Å²) >= 11 is 0. The lowest BCUT2D eigenvalue weighted by molar-refractivity contribution is -0.132. The molecule has 3 heterocycles. The van der Waals surface area contributed by atoms with E-state index in [2.05, 4.69) is 54.3 Å². The minimum absolute atomic E-state index is 0. The van der Waals surface area contributed by atoms with Crippen LogP contribution in [0.2, 0.25) is 0 Å². The number of carbonyl (C=O) groups excluding carboxylic acids is 1. The Bertz CT molecular complexity index is 922. The van der Waals surface area contributed by atoms with Crippen LogP contribution in [0.15, 0.2) is 53.7 Å². The molecule has 0 bridgehead atoms. The van der Waals surface area contributed by atoms with E-state index in [-0.39, 0.29) is 24.0 Å². The average Bonchev–Trinajstić information content (AvgIpc) is 3.16. The summed E-state index contributed by atoms with van der Waals surface area (Å²) < 4.78 is 0. The van der Waals surface area contributed by atoms with Crippen LogP contribution in [0.5, 0.6) is 0 Å². The van der Waals surface area contributed by atoms with Gasteiger partial charge in [-0.2, -0.15) is 0 Å². The molecule has 34 heavy (non-hydrogen) atoms. The Morgan fingerprint density at radius 2 is 1.71 bits per heavy atom. The molecule has 1 N–H and O–H groups in total. The summed E-state index contributed by atoms with van der Waals surface area (Å²) in [4.78, 5) is 28.3. The van der Waals surface area contributed by atoms with Crippen molar-refractivity contribution in [1.29, 1.82) is 0 Å². The van der Waals surface area contributed by atoms with Crippen LogP contribution in [0.25, 0.3) is 11.3 Å². The minimum atomic E-state index is 0. The predicted octanol–water partition coefficient (Wildman–Crippen LogP) is 3.46. The fourth-order valence-electron chi connectivity index (χ4n) is 4.62. The first-order chi connectivity index (χ1) is 16.2. The lowest BCUT2D eigenvalue weighted by Gasteiger charge is -2.37. The van der Waals surface area contributed by atoms with Gasteiger partial charge in [0, 0.05) is 64.6 Å². The quantitative estimate of drug-likeness (QED) is 0.336. The summed E-state index contributed by atoms with van der Waals surface area (Å²) in [7, 11) is 1.84. The number of rotatable bonds is 5. The second kappa shape index (κ2) is 13.6. The Kier molecular flexibility index (Phi) is 10.6. The molecule has 2 fully saturated rings. The second-order valence-corrected chi connectivity index (χ2v) is 8.87. The van der Waals surface area contributed by atoms with Gasteiger partial charge in [0.05, 0.1) is 12.2 Å². The van der Waals surface area contributed by atoms with Crippen LogP contribution in [0.3, 0.4) is 0 Å². The third-order valence-electron chi connectivity index (χ3n) is 6.54. The zero-order valence-corrected chi connectivity index (χ0v) is 22.5. The number of nitrogens with zero attached hydrogens (tertiary/aromatic N) is 5. The molecule has 2 aliphatic heterocycles. The molecule has 0 radical (unpaired) electrons. The smallest absolute Gasteiger partial charge is 0.236 e. The Morgan fingerprint density at radius 3 is 2.38 bits per heavy atom. The molecule has 2 aliphatic rings. The van der Waals surface area contributed by atoms with Crippen molar-refractivity contribution in [3.8, 4) is 11.3 Å². The lowest BCUT2D eigenvalue weighted by Crippen LogP contribution is -2.54. The number of aliphatic imine (C=N–C) groups is 1. The normalized spacial score (nSPS) is 17.6. The van der Waals surface area contributed by atoms with E-state index >= 15 is 0 Å². The van der Waals surface area contributed by atoms with Gasteiger partial charge in [-0.1, -0.05) is 37.1 Å². The Labute approximate surface area is 220 Å². The monoisotopic (exact) mass is 576 g/mol. The molecule has 0 spiro atoms. The van der Waals surface area contributed by atoms with Crippen molar-refractivity contribution >= 4 is 35.8 Å². The number of guanidine groups is 1. The van der Waals surface area contributed by atoms with E-state index in [4.69, 9.17) is 0 Å². The van der Waals surface area contributed by atoms with Gasteiger partial charge >= 0.3 is 0 Å². The molecule has 184 valence electrons. The third kappa shape index (κ3) is 7.40. The fourth-order valence-corrected chi connectivity index (χ4v) is 4.62. The summed E-state index contributed by atoms with van der Waals surface area (Å²) in [6, 6.07) is 14.4. The molecule has 0 aliphatic carbocycles. The van der Waals surface area contributed by atoms with Crippen molar-refractivity contribution in [2.75, 3.05) is 52.9 Å². The van der Waals surface area contributed by atoms with Crippen molar-refractivity contribution in [2.24, 2.45) is 4.99 Å². The highest BCUT2D eigenvalue weighted by Gasteiger charge is 2.23. The number of amides is 1. The van der Waals surface area contributed by atoms with E-state index in [9.17, 15) is 4.79 Å². The van der Waals surface area contributed by atoms with Gasteiger partial charge in [-0.15, -0.1) is 24.0 Å². The van der Waals surface area contributed by atoms with Crippen molar-refractivity contribution in [3.63, 3.8) is 0 Å². The highest BCUT2D eigenvalue weighted by molar-refractivity contribution is 14.0. The molecule has 1 aromatic carbocycles. The largest absolute Gasteiger partial charge is 0.352 e. The van der Waals surface area contributed by atoms with E-state index in [1.54, 1.807) is 0 Å². The first-order valence-corrected chi connectivity index (χ1v) is 12.2. The van der Waals surface area contributed by atoms with Gasteiger partial charge < -0.3 is 15.1 Å². The molecule has 8 heteroatoms. The van der Waals surface area contributed by atoms with E-state index in [1.165, 1.54) is 18.4 Å². The number of hydrogen-bond acceptors (Lipinski definition) is 4. The van der Waals surface area contributed by atoms with Crippen LogP contribution in [-0.4, -0.2) is 84.4 Å². The molecule has 2 aromatic rings. The molecular weight excluding hydrogens is 539 g/mol. The molecule has 0 unspecified atom stereocenters. The molecule has 1 aromatic heterocycles. The van der Waals surface area contributed by atoms with E-state index in [0.717, 1.165) is 69.3 Å². The van der Waals surface area contributed by atoms with Crippen LogP contribution in [0.4, 0.5) is 0 Å². The number of carbonyl (C=O) groups is 1. The fraction of sp³-hybridized carbons (Fsp3) is 0.500. The van der Waals surface area contributed by atoms with Crippen LogP contribution in [-0.2, 0) is 11.3 Å². The highest BCUT2D eigenvalue weighted by Crippen LogP contribution is 2.18. The molecule has 0 atom stereocenters. The number of nitrogens with one attached hydrogen (secondary N) is 1. The Hall–Kier alpha value is -2.20. The van der Waals surface area contributed by atoms with E-state index in [0.29, 0.717) is 19.0 Å².